The van der Waals surface area contributed by atoms with Crippen molar-refractivity contribution >= 4 is 35.9 Å². The number of nitrogens with one attached hydrogen (secondary N) is 3. The molecule has 1 aliphatic heterocycles. The van der Waals surface area contributed by atoms with Crippen LogP contribution in [0.15, 0.2) is 30.3 Å². The highest BCUT2D eigenvalue weighted by molar-refractivity contribution is 6.37. The third kappa shape index (κ3) is 12.5. The highest BCUT2D eigenvalue weighted by Gasteiger charge is 2.37. The number of benzene rings is 1. The second-order valence-electron chi connectivity index (χ2n) is 15.2. The molecule has 1 aromatic rings. The highest BCUT2D eigenvalue weighted by Crippen LogP contribution is 2.31. The van der Waals surface area contributed by atoms with Gasteiger partial charge in [-0.15, -0.1) is 0 Å². The van der Waals surface area contributed by atoms with Crippen molar-refractivity contribution in [2.75, 3.05) is 13.6 Å². The average Bonchev–Trinajstić information content (AvgIpc) is 3.40. The first-order chi connectivity index (χ1) is 23.2. The molecular weight excluding hydrogens is 626 g/mol. The van der Waals surface area contributed by atoms with E-state index in [4.69, 9.17) is 10.5 Å². The van der Waals surface area contributed by atoms with Crippen molar-refractivity contribution < 1.29 is 33.5 Å². The Kier molecular flexibility index (Phi) is 15.2. The van der Waals surface area contributed by atoms with Gasteiger partial charge in [-0.05, 0) is 61.5 Å². The minimum atomic E-state index is -0.965. The summed E-state index contributed by atoms with van der Waals surface area (Å²) >= 11 is 0. The summed E-state index contributed by atoms with van der Waals surface area (Å²) in [7, 11) is 1.91. The Labute approximate surface area is 291 Å². The minimum absolute atomic E-state index is 0.147. The van der Waals surface area contributed by atoms with Gasteiger partial charge in [0.25, 0.3) is 5.91 Å². The lowest BCUT2D eigenvalue weighted by Crippen LogP contribution is -2.55. The Morgan fingerprint density at radius 3 is 2.12 bits per heavy atom. The number of ketones is 1. The Bertz CT molecular complexity index is 1270. The van der Waals surface area contributed by atoms with Gasteiger partial charge < -0.3 is 31.2 Å². The number of likely N-dealkylation sites (N-methyl/N-ethyl adjacent to an activating group) is 1. The van der Waals surface area contributed by atoms with Crippen molar-refractivity contribution in [2.45, 2.75) is 123 Å². The molecular formula is C37H57N5O7. The Hall–Kier alpha value is -3.80. The van der Waals surface area contributed by atoms with Crippen LogP contribution in [-0.4, -0.2) is 78.5 Å². The zero-order chi connectivity index (χ0) is 36.1. The first-order valence-electron chi connectivity index (χ1n) is 17.8. The van der Waals surface area contributed by atoms with Crippen molar-refractivity contribution in [3.63, 3.8) is 0 Å². The number of carbonyl (C=O) groups excluding carboxylic acids is 6. The number of hydrogen-bond donors (Lipinski definition) is 4. The summed E-state index contributed by atoms with van der Waals surface area (Å²) in [6.07, 6.45) is 10.6. The van der Waals surface area contributed by atoms with Gasteiger partial charge in [0, 0.05) is 6.54 Å². The maximum Gasteiger partial charge on any atom is 0.329 e. The molecule has 1 heterocycles. The van der Waals surface area contributed by atoms with Gasteiger partial charge in [-0.1, -0.05) is 96.6 Å². The van der Waals surface area contributed by atoms with Crippen LogP contribution in [-0.2, 0) is 35.3 Å². The zero-order valence-corrected chi connectivity index (χ0v) is 29.9. The summed E-state index contributed by atoms with van der Waals surface area (Å²) in [6.45, 7) is 8.70. The molecule has 0 radical (unpaired) electrons. The predicted octanol–water partition coefficient (Wildman–Crippen LogP) is 3.65. The Morgan fingerprint density at radius 2 is 1.61 bits per heavy atom. The van der Waals surface area contributed by atoms with Crippen molar-refractivity contribution in [3.8, 4) is 0 Å². The standard InChI is InChI=1S/C22H32N2O4.C15H25N3O3/c1-22(2,3)19(20(26)28-15-16-10-6-4-7-11-16)24-21(27)23-18(14-25)17-12-8-5-9-13-17;1-9-6-12(18(2)8-9)15(21)17-11(13(19)14(16)20)7-10-4-3-5-10/h4,6-7,10-11,14,17-19H,5,8-9,12-13,15H2,1-3H3,(H2,23,24,27);9-12H,3-8H2,1-2H3,(H2,16,20)(H,17,21)/t;9-,11?,12?/m.1/s1. The predicted molar refractivity (Wildman–Crippen MR) is 186 cm³/mol. The summed E-state index contributed by atoms with van der Waals surface area (Å²) in [5, 5.41) is 8.21. The lowest BCUT2D eigenvalue weighted by Gasteiger charge is -2.31. The zero-order valence-electron chi connectivity index (χ0n) is 29.9. The lowest BCUT2D eigenvalue weighted by molar-refractivity contribution is -0.150. The van der Waals surface area contributed by atoms with Crippen molar-refractivity contribution in [2.24, 2.45) is 28.9 Å². The molecule has 3 aliphatic rings. The molecule has 272 valence electrons. The van der Waals surface area contributed by atoms with Gasteiger partial charge in [-0.2, -0.15) is 0 Å². The van der Waals surface area contributed by atoms with E-state index in [9.17, 15) is 28.8 Å². The third-order valence-electron chi connectivity index (χ3n) is 9.93. The molecule has 5 N–H and O–H groups in total. The lowest BCUT2D eigenvalue weighted by atomic mass is 9.80. The first-order valence-corrected chi connectivity index (χ1v) is 17.8. The molecule has 0 bridgehead atoms. The number of hydrogen-bond acceptors (Lipinski definition) is 8. The van der Waals surface area contributed by atoms with Gasteiger partial charge in [-0.25, -0.2) is 9.59 Å². The number of ether oxygens (including phenoxy) is 1. The van der Waals surface area contributed by atoms with Crippen LogP contribution in [0.25, 0.3) is 0 Å². The number of carbonyl (C=O) groups is 6. The first kappa shape index (κ1) is 39.6. The summed E-state index contributed by atoms with van der Waals surface area (Å²) < 4.78 is 5.41. The molecule has 1 aromatic carbocycles. The highest BCUT2D eigenvalue weighted by atomic mass is 16.5. The van der Waals surface area contributed by atoms with E-state index in [0.717, 1.165) is 69.8 Å². The van der Waals surface area contributed by atoms with Crippen LogP contribution < -0.4 is 21.7 Å². The summed E-state index contributed by atoms with van der Waals surface area (Å²) in [4.78, 5) is 74.0. The van der Waals surface area contributed by atoms with Crippen LogP contribution in [0.4, 0.5) is 4.79 Å². The largest absolute Gasteiger partial charge is 0.459 e. The van der Waals surface area contributed by atoms with Crippen LogP contribution >= 0.6 is 0 Å². The van der Waals surface area contributed by atoms with E-state index >= 15 is 0 Å². The number of amides is 4. The second-order valence-corrected chi connectivity index (χ2v) is 15.2. The number of Topliss-reactive ketones (excluding diaryl/α,β-unsaturated/α-hetero) is 1. The number of primary amides is 1. The number of esters is 1. The number of urea groups is 1. The van der Waals surface area contributed by atoms with Gasteiger partial charge in [0.05, 0.1) is 18.1 Å². The topological polar surface area (TPSA) is 177 Å². The van der Waals surface area contributed by atoms with Gasteiger partial charge in [0.2, 0.25) is 11.7 Å². The number of aldehydes is 1. The maximum absolute atomic E-state index is 12.6. The number of likely N-dealkylation sites (tertiary alicyclic amines) is 1. The Morgan fingerprint density at radius 1 is 0.959 bits per heavy atom. The molecule has 5 atom stereocenters. The fourth-order valence-corrected chi connectivity index (χ4v) is 6.82. The average molecular weight is 684 g/mol. The number of nitrogens with zero attached hydrogens (tertiary/aromatic N) is 1. The SMILES string of the molecule is CC(C)(C)C(NC(=O)NC(C=O)C1CCCCC1)C(=O)OCc1ccccc1.C[C@@H]1CC(C(=O)NC(CC2CCC2)C(=O)C(N)=O)N(C)C1. The molecule has 49 heavy (non-hydrogen) atoms. The fraction of sp³-hybridized carbons (Fsp3) is 0.676. The Balaban J connectivity index is 0.000000276. The molecule has 0 spiro atoms. The summed E-state index contributed by atoms with van der Waals surface area (Å²) in [6, 6.07) is 6.55. The van der Waals surface area contributed by atoms with E-state index in [1.165, 1.54) is 6.42 Å². The fourth-order valence-electron chi connectivity index (χ4n) is 6.82. The summed E-state index contributed by atoms with van der Waals surface area (Å²) in [5.74, 6) is -1.26. The minimum Gasteiger partial charge on any atom is -0.459 e. The van der Waals surface area contributed by atoms with Crippen molar-refractivity contribution in [3.05, 3.63) is 35.9 Å². The van der Waals surface area contributed by atoms with Crippen LogP contribution in [0, 0.1) is 23.2 Å². The molecule has 4 rings (SSSR count). The molecule has 12 heteroatoms. The van der Waals surface area contributed by atoms with E-state index in [1.54, 1.807) is 0 Å². The van der Waals surface area contributed by atoms with Gasteiger partial charge in [-0.3, -0.25) is 19.3 Å². The van der Waals surface area contributed by atoms with E-state index in [0.29, 0.717) is 18.3 Å². The number of rotatable bonds is 13. The molecule has 3 fully saturated rings. The third-order valence-corrected chi connectivity index (χ3v) is 9.93. The molecule has 4 amide bonds. The monoisotopic (exact) mass is 683 g/mol. The molecule has 2 saturated carbocycles. The molecule has 0 aromatic heterocycles. The van der Waals surface area contributed by atoms with E-state index in [1.807, 2.05) is 63.1 Å². The van der Waals surface area contributed by atoms with Gasteiger partial charge >= 0.3 is 12.0 Å². The van der Waals surface area contributed by atoms with Gasteiger partial charge in [0.15, 0.2) is 0 Å². The van der Waals surface area contributed by atoms with Crippen molar-refractivity contribution in [1.82, 2.24) is 20.9 Å². The number of nitrogens with two attached hydrogens (primary N) is 1. The van der Waals surface area contributed by atoms with Gasteiger partial charge in [0.1, 0.15) is 18.9 Å². The van der Waals surface area contributed by atoms with Crippen LogP contribution in [0.5, 0.6) is 0 Å². The van der Waals surface area contributed by atoms with E-state index < -0.39 is 47.2 Å². The van der Waals surface area contributed by atoms with E-state index in [2.05, 4.69) is 22.9 Å². The van der Waals surface area contributed by atoms with E-state index in [-0.39, 0.29) is 24.5 Å². The molecule has 12 nitrogen and oxygen atoms in total. The van der Waals surface area contributed by atoms with Crippen LogP contribution in [0.2, 0.25) is 0 Å². The maximum atomic E-state index is 12.6. The smallest absolute Gasteiger partial charge is 0.329 e. The molecule has 2 aliphatic carbocycles. The van der Waals surface area contributed by atoms with Crippen molar-refractivity contribution in [1.29, 1.82) is 0 Å². The van der Waals surface area contributed by atoms with Crippen LogP contribution in [0.1, 0.15) is 97.5 Å². The normalized spacial score (nSPS) is 21.8. The second kappa shape index (κ2) is 18.8. The van der Waals surface area contributed by atoms with Crippen LogP contribution in [0.3, 0.4) is 0 Å². The summed E-state index contributed by atoms with van der Waals surface area (Å²) in [5.41, 5.74) is 5.45. The molecule has 4 unspecified atom stereocenters. The molecule has 1 saturated heterocycles. The quantitative estimate of drug-likeness (QED) is 0.138.